The van der Waals surface area contributed by atoms with Gasteiger partial charge in [-0.1, -0.05) is 22.9 Å². The fourth-order valence-corrected chi connectivity index (χ4v) is 2.40. The van der Waals surface area contributed by atoms with E-state index < -0.39 is 0 Å². The minimum absolute atomic E-state index is 0.347. The second-order valence-electron chi connectivity index (χ2n) is 3.84. The zero-order valence-electron chi connectivity index (χ0n) is 9.64. The summed E-state index contributed by atoms with van der Waals surface area (Å²) >= 11 is 3.27. The van der Waals surface area contributed by atoms with Gasteiger partial charge in [0.05, 0.1) is 5.69 Å². The molecular formula is C12H13BrFN3. The number of nitrogens with two attached hydrogens (primary N) is 1. The second-order valence-corrected chi connectivity index (χ2v) is 4.76. The quantitative estimate of drug-likeness (QED) is 0.660. The Kier molecular flexibility index (Phi) is 3.31. The van der Waals surface area contributed by atoms with E-state index in [9.17, 15) is 4.39 Å². The van der Waals surface area contributed by atoms with Gasteiger partial charge in [-0.3, -0.25) is 5.84 Å². The number of rotatable bonds is 2. The Morgan fingerprint density at radius 1 is 1.47 bits per heavy atom. The van der Waals surface area contributed by atoms with Gasteiger partial charge < -0.3 is 5.43 Å². The van der Waals surface area contributed by atoms with Crippen molar-refractivity contribution in [2.75, 3.05) is 5.43 Å². The largest absolute Gasteiger partial charge is 0.323 e. The molecule has 1 aromatic heterocycles. The highest BCUT2D eigenvalue weighted by Crippen LogP contribution is 2.31. The third-order valence-electron chi connectivity index (χ3n) is 2.83. The van der Waals surface area contributed by atoms with Crippen molar-refractivity contribution >= 4 is 32.5 Å². The van der Waals surface area contributed by atoms with Crippen LogP contribution in [-0.4, -0.2) is 4.98 Å². The molecule has 0 amide bonds. The third-order valence-corrected chi connectivity index (χ3v) is 3.29. The first kappa shape index (κ1) is 12.3. The number of anilines is 1. The van der Waals surface area contributed by atoms with E-state index in [-0.39, 0.29) is 5.82 Å². The highest BCUT2D eigenvalue weighted by molar-refractivity contribution is 9.10. The van der Waals surface area contributed by atoms with E-state index in [4.69, 9.17) is 5.84 Å². The Hall–Kier alpha value is -1.20. The summed E-state index contributed by atoms with van der Waals surface area (Å²) in [4.78, 5) is 4.35. The van der Waals surface area contributed by atoms with Crippen molar-refractivity contribution in [1.29, 1.82) is 0 Å². The average molecular weight is 298 g/mol. The summed E-state index contributed by atoms with van der Waals surface area (Å²) in [5.41, 5.74) is 5.53. The summed E-state index contributed by atoms with van der Waals surface area (Å²) in [7, 11) is 0. The van der Waals surface area contributed by atoms with E-state index in [0.717, 1.165) is 23.4 Å². The molecule has 0 fully saturated rings. The van der Waals surface area contributed by atoms with Gasteiger partial charge >= 0.3 is 0 Å². The van der Waals surface area contributed by atoms with Crippen molar-refractivity contribution in [3.8, 4) is 0 Å². The molecule has 3 N–H and O–H groups in total. The number of pyridine rings is 1. The molecule has 2 aromatic rings. The van der Waals surface area contributed by atoms with Crippen LogP contribution < -0.4 is 11.3 Å². The molecule has 0 radical (unpaired) electrons. The van der Waals surface area contributed by atoms with Crippen LogP contribution in [0.2, 0.25) is 0 Å². The number of nitrogens with one attached hydrogen (secondary N) is 1. The van der Waals surface area contributed by atoms with Gasteiger partial charge in [-0.25, -0.2) is 9.37 Å². The molecule has 1 heterocycles. The number of hydrogen-bond donors (Lipinski definition) is 2. The molecule has 0 saturated carbocycles. The summed E-state index contributed by atoms with van der Waals surface area (Å²) in [6, 6.07) is 3.22. The van der Waals surface area contributed by atoms with Crippen LogP contribution in [0.4, 0.5) is 10.1 Å². The lowest BCUT2D eigenvalue weighted by atomic mass is 10.1. The highest BCUT2D eigenvalue weighted by Gasteiger charge is 2.13. The number of nitrogen functional groups attached to an aromatic ring is 1. The lowest BCUT2D eigenvalue weighted by Gasteiger charge is -2.13. The van der Waals surface area contributed by atoms with Crippen molar-refractivity contribution in [3.05, 3.63) is 33.7 Å². The Morgan fingerprint density at radius 3 is 2.76 bits per heavy atom. The Labute approximate surface area is 107 Å². The number of aromatic nitrogens is 1. The topological polar surface area (TPSA) is 50.9 Å². The maximum Gasteiger partial charge on any atom is 0.150 e. The van der Waals surface area contributed by atoms with E-state index >= 15 is 0 Å². The molecule has 1 aromatic carbocycles. The number of hydrazine groups is 1. The van der Waals surface area contributed by atoms with E-state index in [1.54, 1.807) is 0 Å². The predicted molar refractivity (Wildman–Crippen MR) is 71.3 cm³/mol. The normalized spacial score (nSPS) is 10.9. The van der Waals surface area contributed by atoms with Gasteiger partial charge in [0.1, 0.15) is 5.52 Å². The fourth-order valence-electron chi connectivity index (χ4n) is 1.97. The van der Waals surface area contributed by atoms with E-state index in [2.05, 4.69) is 26.3 Å². The highest BCUT2D eigenvalue weighted by atomic mass is 79.9. The summed E-state index contributed by atoms with van der Waals surface area (Å²) in [6.45, 7) is 3.91. The van der Waals surface area contributed by atoms with Crippen molar-refractivity contribution in [1.82, 2.24) is 4.98 Å². The van der Waals surface area contributed by atoms with Crippen molar-refractivity contribution in [2.24, 2.45) is 5.84 Å². The van der Waals surface area contributed by atoms with Gasteiger partial charge in [0, 0.05) is 15.6 Å². The van der Waals surface area contributed by atoms with Crippen molar-refractivity contribution < 1.29 is 4.39 Å². The summed E-state index contributed by atoms with van der Waals surface area (Å²) in [5, 5.41) is 0.689. The number of halogens is 2. The molecule has 3 nitrogen and oxygen atoms in total. The van der Waals surface area contributed by atoms with Crippen molar-refractivity contribution in [2.45, 2.75) is 20.3 Å². The average Bonchev–Trinajstić information content (AvgIpc) is 2.28. The monoisotopic (exact) mass is 297 g/mol. The Morgan fingerprint density at radius 2 is 2.18 bits per heavy atom. The van der Waals surface area contributed by atoms with E-state index in [1.807, 2.05) is 19.9 Å². The lowest BCUT2D eigenvalue weighted by molar-refractivity contribution is 0.635. The molecule has 0 unspecified atom stereocenters. The molecule has 0 aliphatic carbocycles. The zero-order chi connectivity index (χ0) is 12.6. The summed E-state index contributed by atoms with van der Waals surface area (Å²) in [6.07, 6.45) is 0.742. The molecule has 17 heavy (non-hydrogen) atoms. The minimum atomic E-state index is -0.347. The maximum atomic E-state index is 13.9. The number of nitrogens with zero attached hydrogens (tertiary/aromatic N) is 1. The summed E-state index contributed by atoms with van der Waals surface area (Å²) < 4.78 is 14.5. The van der Waals surface area contributed by atoms with E-state index in [1.165, 1.54) is 6.07 Å². The van der Waals surface area contributed by atoms with Crippen LogP contribution in [0, 0.1) is 12.7 Å². The first-order valence-electron chi connectivity index (χ1n) is 5.33. The smallest absolute Gasteiger partial charge is 0.150 e. The van der Waals surface area contributed by atoms with Crippen LogP contribution in [0.1, 0.15) is 18.2 Å². The second kappa shape index (κ2) is 4.58. The number of benzene rings is 1. The third kappa shape index (κ3) is 2.00. The predicted octanol–water partition coefficient (Wildman–Crippen LogP) is 3.29. The Bertz CT molecular complexity index is 584. The number of fused-ring (bicyclic) bond motifs is 1. The van der Waals surface area contributed by atoms with Crippen LogP contribution in [0.25, 0.3) is 10.9 Å². The summed E-state index contributed by atoms with van der Waals surface area (Å²) in [5.74, 6) is 5.18. The molecule has 0 saturated heterocycles. The molecule has 0 spiro atoms. The minimum Gasteiger partial charge on any atom is -0.323 e. The lowest BCUT2D eigenvalue weighted by Crippen LogP contribution is -2.11. The van der Waals surface area contributed by atoms with Gasteiger partial charge in [-0.05, 0) is 31.0 Å². The van der Waals surface area contributed by atoms with Gasteiger partial charge in [-0.15, -0.1) is 0 Å². The molecule has 2 rings (SSSR count). The van der Waals surface area contributed by atoms with Crippen LogP contribution >= 0.6 is 15.9 Å². The molecular weight excluding hydrogens is 285 g/mol. The molecule has 0 bridgehead atoms. The molecule has 0 aliphatic heterocycles. The SMILES string of the molecule is CCc1nc2c(F)cc(Br)cc2c(NN)c1C. The van der Waals surface area contributed by atoms with Crippen LogP contribution in [-0.2, 0) is 6.42 Å². The molecule has 0 aliphatic rings. The van der Waals surface area contributed by atoms with Crippen molar-refractivity contribution in [3.63, 3.8) is 0 Å². The molecule has 90 valence electrons. The first-order chi connectivity index (χ1) is 8.08. The number of aryl methyl sites for hydroxylation is 1. The standard InChI is InChI=1S/C12H13BrFN3/c1-3-10-6(2)11(17-15)8-4-7(13)5-9(14)12(8)16-10/h4-5H,3,15H2,1-2H3,(H,16,17). The Balaban J connectivity index is 2.92. The van der Waals surface area contributed by atoms with Crippen LogP contribution in [0.5, 0.6) is 0 Å². The van der Waals surface area contributed by atoms with Gasteiger partial charge in [0.15, 0.2) is 5.82 Å². The zero-order valence-corrected chi connectivity index (χ0v) is 11.2. The first-order valence-corrected chi connectivity index (χ1v) is 6.12. The molecule has 0 atom stereocenters. The number of hydrogen-bond acceptors (Lipinski definition) is 3. The molecule has 5 heteroatoms. The fraction of sp³-hybridized carbons (Fsp3) is 0.250. The van der Waals surface area contributed by atoms with E-state index in [0.29, 0.717) is 15.4 Å². The van der Waals surface area contributed by atoms with Crippen LogP contribution in [0.3, 0.4) is 0 Å². The van der Waals surface area contributed by atoms with Gasteiger partial charge in [0.2, 0.25) is 0 Å². The van der Waals surface area contributed by atoms with Gasteiger partial charge in [0.25, 0.3) is 0 Å². The van der Waals surface area contributed by atoms with Gasteiger partial charge in [-0.2, -0.15) is 0 Å². The maximum absolute atomic E-state index is 13.9. The van der Waals surface area contributed by atoms with Crippen LogP contribution in [0.15, 0.2) is 16.6 Å².